The van der Waals surface area contributed by atoms with Crippen LogP contribution >= 0.6 is 0 Å². The second-order valence-electron chi connectivity index (χ2n) is 8.61. The second-order valence-corrected chi connectivity index (χ2v) is 8.61. The van der Waals surface area contributed by atoms with Crippen molar-refractivity contribution in [3.63, 3.8) is 0 Å². The molecule has 6 nitrogen and oxygen atoms in total. The summed E-state index contributed by atoms with van der Waals surface area (Å²) in [5.74, 6) is -1.20. The first-order chi connectivity index (χ1) is 14.8. The van der Waals surface area contributed by atoms with Gasteiger partial charge in [-0.1, -0.05) is 58.1 Å². The average Bonchev–Trinajstić information content (AvgIpc) is 3.06. The summed E-state index contributed by atoms with van der Waals surface area (Å²) in [6.07, 6.45) is 10.2. The molecule has 0 aromatic carbocycles. The molecule has 1 fully saturated rings. The topological polar surface area (TPSA) is 89.9 Å². The Bertz CT molecular complexity index is 599. The van der Waals surface area contributed by atoms with E-state index in [-0.39, 0.29) is 30.2 Å². The summed E-state index contributed by atoms with van der Waals surface area (Å²) in [6, 6.07) is 0. The van der Waals surface area contributed by atoms with Gasteiger partial charge < -0.3 is 14.6 Å². The lowest BCUT2D eigenvalue weighted by molar-refractivity contribution is -0.161. The Hall–Kier alpha value is -1.69. The number of aliphatic hydroxyl groups excluding tert-OH is 1. The van der Waals surface area contributed by atoms with Crippen molar-refractivity contribution in [1.29, 1.82) is 0 Å². The minimum atomic E-state index is -1.18. The molecule has 2 unspecified atom stereocenters. The molecule has 0 aliphatic heterocycles. The van der Waals surface area contributed by atoms with E-state index in [0.29, 0.717) is 45.1 Å². The molecule has 6 heteroatoms. The van der Waals surface area contributed by atoms with E-state index < -0.39 is 17.5 Å². The molecular weight excluding hydrogens is 396 g/mol. The monoisotopic (exact) mass is 438 g/mol. The van der Waals surface area contributed by atoms with Crippen LogP contribution in [-0.2, 0) is 23.9 Å². The Kier molecular flexibility index (Phi) is 12.7. The molecule has 1 aliphatic carbocycles. The first-order valence-corrected chi connectivity index (χ1v) is 12.1. The number of aliphatic hydroxyl groups is 1. The van der Waals surface area contributed by atoms with Crippen molar-refractivity contribution in [3.05, 3.63) is 12.2 Å². The molecule has 178 valence electrons. The first-order valence-electron chi connectivity index (χ1n) is 12.1. The highest BCUT2D eigenvalue weighted by Gasteiger charge is 2.55. The Morgan fingerprint density at radius 2 is 1.77 bits per heavy atom. The van der Waals surface area contributed by atoms with Crippen LogP contribution < -0.4 is 0 Å². The predicted molar refractivity (Wildman–Crippen MR) is 120 cm³/mol. The lowest BCUT2D eigenvalue weighted by atomic mass is 9.72. The number of ketones is 1. The largest absolute Gasteiger partial charge is 0.466 e. The molecule has 0 saturated heterocycles. The van der Waals surface area contributed by atoms with Gasteiger partial charge in [-0.05, 0) is 39.5 Å². The van der Waals surface area contributed by atoms with Gasteiger partial charge in [0.15, 0.2) is 5.78 Å². The zero-order valence-corrected chi connectivity index (χ0v) is 19.9. The predicted octanol–water partition coefficient (Wildman–Crippen LogP) is 4.77. The van der Waals surface area contributed by atoms with Crippen molar-refractivity contribution in [2.45, 2.75) is 98.0 Å². The lowest BCUT2D eigenvalue weighted by Crippen LogP contribution is -2.41. The van der Waals surface area contributed by atoms with E-state index in [2.05, 4.69) is 6.92 Å². The number of carbonyl (C=O) groups excluding carboxylic acids is 3. The van der Waals surface area contributed by atoms with Crippen LogP contribution in [0.15, 0.2) is 12.2 Å². The van der Waals surface area contributed by atoms with Crippen LogP contribution in [0.2, 0.25) is 0 Å². The number of ether oxygens (including phenoxy) is 2. The molecule has 1 saturated carbocycles. The quantitative estimate of drug-likeness (QED) is 0.171. The van der Waals surface area contributed by atoms with Gasteiger partial charge in [0, 0.05) is 12.3 Å². The van der Waals surface area contributed by atoms with Gasteiger partial charge in [-0.2, -0.15) is 0 Å². The van der Waals surface area contributed by atoms with E-state index in [1.165, 1.54) is 0 Å². The van der Waals surface area contributed by atoms with Crippen LogP contribution in [0.1, 0.15) is 91.9 Å². The molecule has 1 rings (SSSR count). The van der Waals surface area contributed by atoms with E-state index >= 15 is 0 Å². The number of carbonyl (C=O) groups is 3. The zero-order chi connectivity index (χ0) is 23.3. The first kappa shape index (κ1) is 27.3. The maximum absolute atomic E-state index is 13.0. The van der Waals surface area contributed by atoms with Crippen LogP contribution in [0.5, 0.6) is 0 Å². The minimum absolute atomic E-state index is 0.0699. The number of hydrogen-bond donors (Lipinski definition) is 1. The Morgan fingerprint density at radius 3 is 2.42 bits per heavy atom. The maximum atomic E-state index is 13.0. The molecule has 1 N–H and O–H groups in total. The molecule has 0 bridgehead atoms. The molecule has 0 spiro atoms. The summed E-state index contributed by atoms with van der Waals surface area (Å²) < 4.78 is 10.4. The third kappa shape index (κ3) is 8.06. The van der Waals surface area contributed by atoms with Crippen molar-refractivity contribution in [1.82, 2.24) is 0 Å². The van der Waals surface area contributed by atoms with Crippen molar-refractivity contribution >= 4 is 17.7 Å². The Balaban J connectivity index is 2.83. The number of unbranched alkanes of at least 4 members (excludes halogenated alkanes) is 3. The van der Waals surface area contributed by atoms with E-state index in [1.807, 2.05) is 13.0 Å². The van der Waals surface area contributed by atoms with Gasteiger partial charge in [0.2, 0.25) is 0 Å². The number of Topliss-reactive ketones (excluding diaryl/α,β-unsaturated/α-hetero) is 1. The normalized spacial score (nSPS) is 23.1. The fourth-order valence-electron chi connectivity index (χ4n) is 4.39. The highest BCUT2D eigenvalue weighted by molar-refractivity contribution is 6.06. The molecule has 0 heterocycles. The third-order valence-corrected chi connectivity index (χ3v) is 6.27. The molecule has 31 heavy (non-hydrogen) atoms. The van der Waals surface area contributed by atoms with Crippen molar-refractivity contribution < 1.29 is 29.0 Å². The zero-order valence-electron chi connectivity index (χ0n) is 19.9. The highest BCUT2D eigenvalue weighted by Crippen LogP contribution is 2.46. The lowest BCUT2D eigenvalue weighted by Gasteiger charge is -2.30. The van der Waals surface area contributed by atoms with E-state index in [4.69, 9.17) is 9.47 Å². The molecule has 0 amide bonds. The number of allylic oxidation sites excluding steroid dienone is 1. The molecule has 0 aromatic heterocycles. The van der Waals surface area contributed by atoms with Crippen LogP contribution in [-0.4, -0.2) is 42.1 Å². The van der Waals surface area contributed by atoms with Crippen molar-refractivity contribution in [3.8, 4) is 0 Å². The van der Waals surface area contributed by atoms with E-state index in [1.54, 1.807) is 19.9 Å². The summed E-state index contributed by atoms with van der Waals surface area (Å²) in [7, 11) is 0. The fraction of sp³-hybridized carbons (Fsp3) is 0.800. The summed E-state index contributed by atoms with van der Waals surface area (Å²) in [5, 5.41) is 10.3. The van der Waals surface area contributed by atoms with Gasteiger partial charge in [-0.15, -0.1) is 0 Å². The van der Waals surface area contributed by atoms with Gasteiger partial charge >= 0.3 is 11.9 Å². The summed E-state index contributed by atoms with van der Waals surface area (Å²) in [5.41, 5.74) is -1.18. The highest BCUT2D eigenvalue weighted by atomic mass is 16.5. The van der Waals surface area contributed by atoms with Crippen LogP contribution in [0.3, 0.4) is 0 Å². The van der Waals surface area contributed by atoms with Crippen LogP contribution in [0, 0.1) is 17.3 Å². The van der Waals surface area contributed by atoms with Crippen molar-refractivity contribution in [2.75, 3.05) is 13.2 Å². The summed E-state index contributed by atoms with van der Waals surface area (Å²) >= 11 is 0. The van der Waals surface area contributed by atoms with Gasteiger partial charge in [-0.3, -0.25) is 14.4 Å². The standard InChI is InChI=1S/C25H42O6/c1-5-8-9-13-21(26)16-14-20-15-17-22(27)25(20,24(29)31-7-3)18-11-10-12-19(4)23(28)30-6-2/h14,16,19-21,26H,5-13,15,17-18H2,1-4H3/t19?,20-,21?,25+/m0/s1. The molecule has 1 aliphatic rings. The minimum Gasteiger partial charge on any atom is -0.466 e. The van der Waals surface area contributed by atoms with Crippen LogP contribution in [0.25, 0.3) is 0 Å². The smallest absolute Gasteiger partial charge is 0.320 e. The third-order valence-electron chi connectivity index (χ3n) is 6.27. The number of rotatable bonds is 15. The van der Waals surface area contributed by atoms with Gasteiger partial charge in [0.05, 0.1) is 25.2 Å². The summed E-state index contributed by atoms with van der Waals surface area (Å²) in [6.45, 7) is 8.08. The maximum Gasteiger partial charge on any atom is 0.320 e. The van der Waals surface area contributed by atoms with Gasteiger partial charge in [0.25, 0.3) is 0 Å². The van der Waals surface area contributed by atoms with Crippen LogP contribution in [0.4, 0.5) is 0 Å². The number of esters is 2. The Labute approximate surface area is 187 Å². The van der Waals surface area contributed by atoms with Gasteiger partial charge in [-0.25, -0.2) is 0 Å². The second kappa shape index (κ2) is 14.4. The Morgan fingerprint density at radius 1 is 1.10 bits per heavy atom. The van der Waals surface area contributed by atoms with E-state index in [0.717, 1.165) is 25.7 Å². The molecule has 0 radical (unpaired) electrons. The fourth-order valence-corrected chi connectivity index (χ4v) is 4.39. The van der Waals surface area contributed by atoms with Gasteiger partial charge in [0.1, 0.15) is 5.41 Å². The summed E-state index contributed by atoms with van der Waals surface area (Å²) in [4.78, 5) is 37.7. The SMILES string of the molecule is CCCCCC(O)C=C[C@H]1CCC(=O)[C@]1(CCCCC(C)C(=O)OCC)C(=O)OCC. The number of hydrogen-bond acceptors (Lipinski definition) is 6. The average molecular weight is 439 g/mol. The van der Waals surface area contributed by atoms with Crippen molar-refractivity contribution in [2.24, 2.45) is 17.3 Å². The molecule has 0 aromatic rings. The molecular formula is C25H42O6. The van der Waals surface area contributed by atoms with E-state index in [9.17, 15) is 19.5 Å². The molecule has 4 atom stereocenters.